The summed E-state index contributed by atoms with van der Waals surface area (Å²) in [4.78, 5) is 0. The second-order valence-corrected chi connectivity index (χ2v) is 8.68. The third-order valence-electron chi connectivity index (χ3n) is 6.84. The van der Waals surface area contributed by atoms with Crippen LogP contribution in [0.3, 0.4) is 0 Å². The third kappa shape index (κ3) is 5.76. The fourth-order valence-electron chi connectivity index (χ4n) is 5.34. The van der Waals surface area contributed by atoms with Crippen molar-refractivity contribution >= 4 is 0 Å². The maximum Gasteiger partial charge on any atom is 0.124 e. The van der Waals surface area contributed by atoms with Crippen LogP contribution < -0.4 is 21.7 Å². The molecule has 2 rings (SSSR count). The van der Waals surface area contributed by atoms with Crippen molar-refractivity contribution in [1.82, 2.24) is 16.0 Å². The molecule has 2 fully saturated rings. The van der Waals surface area contributed by atoms with Gasteiger partial charge >= 0.3 is 0 Å². The topological polar surface area (TPSA) is 71.3 Å². The van der Waals surface area contributed by atoms with Gasteiger partial charge in [-0.15, -0.1) is 0 Å². The standard InChI is InChI=1S/C22H43FN4O/c1-6-15(9-8-10-24)20-21(23)18(12-16(7-2)22(20)28-5)27-19-13-17(25-4)11-14(3)26-19/h6,14,16-22,25-27H,7-13,24H2,1-5H3/b15-6+. The zero-order valence-corrected chi connectivity index (χ0v) is 18.5. The molecular weight excluding hydrogens is 355 g/mol. The summed E-state index contributed by atoms with van der Waals surface area (Å²) in [5, 5.41) is 10.7. The van der Waals surface area contributed by atoms with E-state index in [4.69, 9.17) is 10.5 Å². The quantitative estimate of drug-likeness (QED) is 0.450. The summed E-state index contributed by atoms with van der Waals surface area (Å²) in [5.74, 6) is 0.160. The number of ether oxygens (including phenoxy) is 1. The highest BCUT2D eigenvalue weighted by Crippen LogP contribution is 2.41. The van der Waals surface area contributed by atoms with E-state index in [0.29, 0.717) is 24.5 Å². The smallest absolute Gasteiger partial charge is 0.124 e. The minimum absolute atomic E-state index is 0.0645. The molecule has 0 aromatic rings. The predicted octanol–water partition coefficient (Wildman–Crippen LogP) is 2.72. The van der Waals surface area contributed by atoms with Gasteiger partial charge in [-0.1, -0.05) is 25.0 Å². The Balaban J connectivity index is 2.18. The van der Waals surface area contributed by atoms with Crippen LogP contribution in [0.15, 0.2) is 11.6 Å². The van der Waals surface area contributed by atoms with Gasteiger partial charge in [0.25, 0.3) is 0 Å². The number of piperidine rings is 1. The average molecular weight is 399 g/mol. The van der Waals surface area contributed by atoms with Gasteiger partial charge in [0.2, 0.25) is 0 Å². The van der Waals surface area contributed by atoms with E-state index >= 15 is 4.39 Å². The second-order valence-electron chi connectivity index (χ2n) is 8.68. The molecule has 164 valence electrons. The van der Waals surface area contributed by atoms with Gasteiger partial charge in [-0.2, -0.15) is 0 Å². The molecule has 1 aliphatic heterocycles. The van der Waals surface area contributed by atoms with E-state index in [0.717, 1.165) is 44.1 Å². The Bertz CT molecular complexity index is 489. The van der Waals surface area contributed by atoms with E-state index in [2.05, 4.69) is 35.9 Å². The van der Waals surface area contributed by atoms with Gasteiger partial charge in [-0.25, -0.2) is 4.39 Å². The van der Waals surface area contributed by atoms with Crippen LogP contribution in [0.4, 0.5) is 4.39 Å². The molecular formula is C22H43FN4O. The molecule has 5 N–H and O–H groups in total. The number of hydrogen-bond acceptors (Lipinski definition) is 5. The van der Waals surface area contributed by atoms with Crippen molar-refractivity contribution in [3.8, 4) is 0 Å². The Morgan fingerprint density at radius 2 is 2.07 bits per heavy atom. The van der Waals surface area contributed by atoms with Crippen LogP contribution in [0.2, 0.25) is 0 Å². The summed E-state index contributed by atoms with van der Waals surface area (Å²) in [6, 6.07) is 0.732. The lowest BCUT2D eigenvalue weighted by Crippen LogP contribution is -2.62. The minimum Gasteiger partial charge on any atom is -0.380 e. The number of alkyl halides is 1. The van der Waals surface area contributed by atoms with Crippen LogP contribution in [0, 0.1) is 11.8 Å². The molecule has 1 saturated heterocycles. The van der Waals surface area contributed by atoms with Gasteiger partial charge in [0, 0.05) is 31.2 Å². The molecule has 8 unspecified atom stereocenters. The summed E-state index contributed by atoms with van der Waals surface area (Å²) in [7, 11) is 3.75. The number of hydrogen-bond donors (Lipinski definition) is 4. The van der Waals surface area contributed by atoms with Crippen LogP contribution in [0.5, 0.6) is 0 Å². The highest BCUT2D eigenvalue weighted by molar-refractivity contribution is 5.15. The zero-order chi connectivity index (χ0) is 20.7. The molecule has 5 nitrogen and oxygen atoms in total. The summed E-state index contributed by atoms with van der Waals surface area (Å²) < 4.78 is 21.8. The van der Waals surface area contributed by atoms with Crippen molar-refractivity contribution < 1.29 is 9.13 Å². The van der Waals surface area contributed by atoms with Crippen molar-refractivity contribution in [2.24, 2.45) is 17.6 Å². The van der Waals surface area contributed by atoms with E-state index < -0.39 is 6.17 Å². The Hall–Kier alpha value is -0.530. The summed E-state index contributed by atoms with van der Waals surface area (Å²) >= 11 is 0. The number of nitrogens with one attached hydrogen (secondary N) is 3. The minimum atomic E-state index is -0.955. The number of nitrogens with two attached hydrogens (primary N) is 1. The maximum atomic E-state index is 15.9. The fraction of sp³-hybridized carbons (Fsp3) is 0.909. The first-order valence-electron chi connectivity index (χ1n) is 11.2. The van der Waals surface area contributed by atoms with Gasteiger partial charge in [-0.05, 0) is 65.5 Å². The molecule has 0 radical (unpaired) electrons. The summed E-state index contributed by atoms with van der Waals surface area (Å²) in [5.41, 5.74) is 6.89. The Kier molecular flexibility index (Phi) is 9.84. The lowest BCUT2D eigenvalue weighted by atomic mass is 9.69. The van der Waals surface area contributed by atoms with E-state index in [1.807, 2.05) is 14.0 Å². The first-order valence-corrected chi connectivity index (χ1v) is 11.2. The van der Waals surface area contributed by atoms with Crippen molar-refractivity contribution in [2.45, 2.75) is 95.9 Å². The number of halogens is 1. The van der Waals surface area contributed by atoms with Crippen LogP contribution >= 0.6 is 0 Å². The molecule has 28 heavy (non-hydrogen) atoms. The van der Waals surface area contributed by atoms with Gasteiger partial charge in [0.1, 0.15) is 6.17 Å². The highest BCUT2D eigenvalue weighted by Gasteiger charge is 2.46. The first kappa shape index (κ1) is 23.7. The van der Waals surface area contributed by atoms with E-state index in [1.54, 1.807) is 7.11 Å². The van der Waals surface area contributed by atoms with Gasteiger partial charge in [0.05, 0.1) is 12.3 Å². The number of rotatable bonds is 9. The van der Waals surface area contributed by atoms with Crippen molar-refractivity contribution in [2.75, 3.05) is 20.7 Å². The predicted molar refractivity (Wildman–Crippen MR) is 115 cm³/mol. The Labute approximate surface area is 171 Å². The van der Waals surface area contributed by atoms with E-state index in [9.17, 15) is 0 Å². The fourth-order valence-corrected chi connectivity index (χ4v) is 5.34. The maximum absolute atomic E-state index is 15.9. The second kappa shape index (κ2) is 11.6. The van der Waals surface area contributed by atoms with Crippen LogP contribution in [-0.4, -0.2) is 57.3 Å². The largest absolute Gasteiger partial charge is 0.380 e. The molecule has 1 aliphatic carbocycles. The monoisotopic (exact) mass is 398 g/mol. The number of methoxy groups -OCH3 is 1. The zero-order valence-electron chi connectivity index (χ0n) is 18.5. The van der Waals surface area contributed by atoms with E-state index in [1.165, 1.54) is 0 Å². The molecule has 6 heteroatoms. The molecule has 8 atom stereocenters. The van der Waals surface area contributed by atoms with Crippen molar-refractivity contribution in [3.05, 3.63) is 11.6 Å². The normalized spacial score (nSPS) is 39.9. The van der Waals surface area contributed by atoms with Crippen LogP contribution in [0.25, 0.3) is 0 Å². The average Bonchev–Trinajstić information content (AvgIpc) is 2.69. The SMILES string of the molecule is C/C=C(\CCCN)C1C(F)C(NC2CC(NC)CC(C)N2)CC(CC)C1OC. The molecule has 0 aromatic heterocycles. The lowest BCUT2D eigenvalue weighted by Gasteiger charge is -2.47. The van der Waals surface area contributed by atoms with Crippen molar-refractivity contribution in [1.29, 1.82) is 0 Å². The first-order chi connectivity index (χ1) is 13.5. The van der Waals surface area contributed by atoms with Crippen LogP contribution in [0.1, 0.15) is 59.3 Å². The molecule has 0 spiro atoms. The number of allylic oxidation sites excluding steroid dienone is 1. The van der Waals surface area contributed by atoms with E-state index in [-0.39, 0.29) is 24.2 Å². The summed E-state index contributed by atoms with van der Waals surface area (Å²) in [6.45, 7) is 7.05. The highest BCUT2D eigenvalue weighted by atomic mass is 19.1. The van der Waals surface area contributed by atoms with Gasteiger partial charge in [0.15, 0.2) is 0 Å². The van der Waals surface area contributed by atoms with Crippen molar-refractivity contribution in [3.63, 3.8) is 0 Å². The molecule has 0 amide bonds. The molecule has 0 aromatic carbocycles. The Morgan fingerprint density at radius 1 is 1.32 bits per heavy atom. The van der Waals surface area contributed by atoms with Gasteiger partial charge < -0.3 is 15.8 Å². The van der Waals surface area contributed by atoms with Gasteiger partial charge in [-0.3, -0.25) is 10.6 Å². The third-order valence-corrected chi connectivity index (χ3v) is 6.84. The van der Waals surface area contributed by atoms with Crippen LogP contribution in [-0.2, 0) is 4.74 Å². The summed E-state index contributed by atoms with van der Waals surface area (Å²) in [6.07, 6.45) is 6.84. The molecule has 1 saturated carbocycles. The Morgan fingerprint density at radius 3 is 2.64 bits per heavy atom. The molecule has 0 bridgehead atoms. The molecule has 1 heterocycles. The molecule has 2 aliphatic rings. The lowest BCUT2D eigenvalue weighted by molar-refractivity contribution is -0.0585.